The molecule has 0 saturated heterocycles. The Labute approximate surface area is 106 Å². The van der Waals surface area contributed by atoms with Crippen LogP contribution in [0.1, 0.15) is 25.5 Å². The maximum atomic E-state index is 11.6. The molecule has 5 heteroatoms. The van der Waals surface area contributed by atoms with E-state index < -0.39 is 12.1 Å². The predicted molar refractivity (Wildman–Crippen MR) is 65.2 cm³/mol. The van der Waals surface area contributed by atoms with Crippen molar-refractivity contribution in [3.8, 4) is 0 Å². The second-order valence-corrected chi connectivity index (χ2v) is 3.85. The van der Waals surface area contributed by atoms with Crippen molar-refractivity contribution in [3.05, 3.63) is 30.1 Å². The van der Waals surface area contributed by atoms with E-state index in [1.54, 1.807) is 19.2 Å². The van der Waals surface area contributed by atoms with E-state index in [4.69, 9.17) is 9.84 Å². The van der Waals surface area contributed by atoms with E-state index in [0.717, 1.165) is 5.69 Å². The predicted octanol–water partition coefficient (Wildman–Crippen LogP) is 1.46. The Hall–Kier alpha value is -1.75. The first kappa shape index (κ1) is 14.3. The first-order valence-corrected chi connectivity index (χ1v) is 5.89. The van der Waals surface area contributed by atoms with Crippen molar-refractivity contribution in [1.29, 1.82) is 0 Å². The molecule has 0 aromatic carbocycles. The molecule has 0 fully saturated rings. The van der Waals surface area contributed by atoms with E-state index in [1.165, 1.54) is 0 Å². The fourth-order valence-corrected chi connectivity index (χ4v) is 1.54. The lowest BCUT2D eigenvalue weighted by Gasteiger charge is -2.11. The monoisotopic (exact) mass is 251 g/mol. The van der Waals surface area contributed by atoms with Gasteiger partial charge in [0.25, 0.3) is 0 Å². The van der Waals surface area contributed by atoms with Crippen LogP contribution in [0.2, 0.25) is 0 Å². The molecule has 0 aliphatic carbocycles. The van der Waals surface area contributed by atoms with Crippen molar-refractivity contribution < 1.29 is 19.4 Å². The van der Waals surface area contributed by atoms with Gasteiger partial charge in [-0.1, -0.05) is 6.07 Å². The van der Waals surface area contributed by atoms with E-state index in [1.807, 2.05) is 12.1 Å². The van der Waals surface area contributed by atoms with E-state index in [2.05, 4.69) is 4.98 Å². The number of hydrogen-bond donors (Lipinski definition) is 1. The summed E-state index contributed by atoms with van der Waals surface area (Å²) >= 11 is 0. The number of ether oxygens (including phenoxy) is 1. The number of carbonyl (C=O) groups is 2. The zero-order chi connectivity index (χ0) is 13.4. The number of rotatable bonds is 8. The standard InChI is InChI=1S/C13H17NO4/c1-2-18-12(13(16)17)9-11(15)7-6-10-5-3-4-8-14-10/h3-5,8,12H,2,6-7,9H2,1H3,(H,16,17). The fourth-order valence-electron chi connectivity index (χ4n) is 1.54. The van der Waals surface area contributed by atoms with Crippen LogP contribution in [0, 0.1) is 0 Å². The number of carbonyl (C=O) groups excluding carboxylic acids is 1. The van der Waals surface area contributed by atoms with E-state index >= 15 is 0 Å². The topological polar surface area (TPSA) is 76.5 Å². The summed E-state index contributed by atoms with van der Waals surface area (Å²) < 4.78 is 4.99. The van der Waals surface area contributed by atoms with Gasteiger partial charge in [-0.2, -0.15) is 0 Å². The third kappa shape index (κ3) is 5.05. The highest BCUT2D eigenvalue weighted by atomic mass is 16.5. The zero-order valence-corrected chi connectivity index (χ0v) is 10.3. The Bertz CT molecular complexity index is 391. The molecule has 1 rings (SSSR count). The van der Waals surface area contributed by atoms with Gasteiger partial charge in [0.05, 0.1) is 0 Å². The highest BCUT2D eigenvalue weighted by Crippen LogP contribution is 2.06. The van der Waals surface area contributed by atoms with Crippen LogP contribution in [0.4, 0.5) is 0 Å². The molecule has 0 aliphatic heterocycles. The van der Waals surface area contributed by atoms with Crippen molar-refractivity contribution >= 4 is 11.8 Å². The number of Topliss-reactive ketones (excluding diaryl/α,β-unsaturated/α-hetero) is 1. The van der Waals surface area contributed by atoms with Gasteiger partial charge < -0.3 is 9.84 Å². The summed E-state index contributed by atoms with van der Waals surface area (Å²) in [5.74, 6) is -1.22. The molecule has 0 spiro atoms. The summed E-state index contributed by atoms with van der Waals surface area (Å²) in [5, 5.41) is 8.85. The number of hydrogen-bond acceptors (Lipinski definition) is 4. The lowest BCUT2D eigenvalue weighted by atomic mass is 10.1. The van der Waals surface area contributed by atoms with Crippen molar-refractivity contribution in [3.63, 3.8) is 0 Å². The molecular weight excluding hydrogens is 234 g/mol. The van der Waals surface area contributed by atoms with Gasteiger partial charge in [0.2, 0.25) is 0 Å². The van der Waals surface area contributed by atoms with Gasteiger partial charge >= 0.3 is 5.97 Å². The number of aliphatic carboxylic acids is 1. The molecular formula is C13H17NO4. The van der Waals surface area contributed by atoms with Gasteiger partial charge in [0, 0.05) is 31.3 Å². The van der Waals surface area contributed by atoms with Gasteiger partial charge in [0.15, 0.2) is 6.10 Å². The van der Waals surface area contributed by atoms with Crippen LogP contribution in [0.3, 0.4) is 0 Å². The van der Waals surface area contributed by atoms with E-state index in [-0.39, 0.29) is 25.2 Å². The number of pyridine rings is 1. The Morgan fingerprint density at radius 1 is 1.44 bits per heavy atom. The summed E-state index contributed by atoms with van der Waals surface area (Å²) in [6.07, 6.45) is 1.36. The molecule has 0 amide bonds. The number of aromatic nitrogens is 1. The van der Waals surface area contributed by atoms with Crippen LogP contribution >= 0.6 is 0 Å². The molecule has 98 valence electrons. The van der Waals surface area contributed by atoms with Crippen LogP contribution < -0.4 is 0 Å². The van der Waals surface area contributed by atoms with Gasteiger partial charge in [-0.3, -0.25) is 9.78 Å². The van der Waals surface area contributed by atoms with Crippen molar-refractivity contribution in [2.45, 2.75) is 32.3 Å². The van der Waals surface area contributed by atoms with Gasteiger partial charge in [-0.05, 0) is 25.5 Å². The Morgan fingerprint density at radius 3 is 2.78 bits per heavy atom. The van der Waals surface area contributed by atoms with Crippen LogP contribution in [0.25, 0.3) is 0 Å². The first-order chi connectivity index (χ1) is 8.63. The van der Waals surface area contributed by atoms with Gasteiger partial charge in [-0.15, -0.1) is 0 Å². The first-order valence-electron chi connectivity index (χ1n) is 5.89. The molecule has 1 N–H and O–H groups in total. The minimum atomic E-state index is -1.09. The highest BCUT2D eigenvalue weighted by Gasteiger charge is 2.21. The largest absolute Gasteiger partial charge is 0.479 e. The molecule has 1 heterocycles. The Balaban J connectivity index is 2.39. The van der Waals surface area contributed by atoms with Crippen molar-refractivity contribution in [1.82, 2.24) is 4.98 Å². The van der Waals surface area contributed by atoms with E-state index in [9.17, 15) is 9.59 Å². The fraction of sp³-hybridized carbons (Fsp3) is 0.462. The summed E-state index contributed by atoms with van der Waals surface area (Å²) in [6, 6.07) is 5.50. The zero-order valence-electron chi connectivity index (χ0n) is 10.3. The van der Waals surface area contributed by atoms with Crippen molar-refractivity contribution in [2.24, 2.45) is 0 Å². The summed E-state index contributed by atoms with van der Waals surface area (Å²) in [4.78, 5) is 26.5. The minimum Gasteiger partial charge on any atom is -0.479 e. The number of aryl methyl sites for hydroxylation is 1. The molecule has 0 bridgehead atoms. The Kier molecular flexibility index (Phi) is 6.00. The van der Waals surface area contributed by atoms with Crippen LogP contribution in [-0.4, -0.2) is 34.6 Å². The number of carboxylic acid groups (broad SMARTS) is 1. The second-order valence-electron chi connectivity index (χ2n) is 3.85. The molecule has 0 aliphatic rings. The molecule has 1 atom stereocenters. The van der Waals surface area contributed by atoms with Crippen LogP contribution in [-0.2, 0) is 20.7 Å². The smallest absolute Gasteiger partial charge is 0.333 e. The average molecular weight is 251 g/mol. The van der Waals surface area contributed by atoms with Crippen LogP contribution in [0.5, 0.6) is 0 Å². The third-order valence-corrected chi connectivity index (χ3v) is 2.44. The molecule has 5 nitrogen and oxygen atoms in total. The lowest BCUT2D eigenvalue weighted by molar-refractivity contribution is -0.152. The summed E-state index contributed by atoms with van der Waals surface area (Å²) in [5.41, 5.74) is 0.828. The number of nitrogens with zero attached hydrogens (tertiary/aromatic N) is 1. The van der Waals surface area contributed by atoms with E-state index in [0.29, 0.717) is 6.42 Å². The van der Waals surface area contributed by atoms with Crippen LogP contribution in [0.15, 0.2) is 24.4 Å². The van der Waals surface area contributed by atoms with Gasteiger partial charge in [0.1, 0.15) is 5.78 Å². The van der Waals surface area contributed by atoms with Gasteiger partial charge in [-0.25, -0.2) is 4.79 Å². The quantitative estimate of drug-likeness (QED) is 0.757. The SMILES string of the molecule is CCOC(CC(=O)CCc1ccccn1)C(=O)O. The maximum absolute atomic E-state index is 11.6. The summed E-state index contributed by atoms with van der Waals surface area (Å²) in [7, 11) is 0. The number of ketones is 1. The minimum absolute atomic E-state index is 0.0873. The molecule has 0 saturated carbocycles. The molecule has 1 aromatic heterocycles. The molecule has 1 aromatic rings. The normalized spacial score (nSPS) is 12.1. The number of carboxylic acids is 1. The average Bonchev–Trinajstić information content (AvgIpc) is 2.37. The molecule has 0 radical (unpaired) electrons. The van der Waals surface area contributed by atoms with Crippen molar-refractivity contribution in [2.75, 3.05) is 6.61 Å². The second kappa shape index (κ2) is 7.55. The molecule has 1 unspecified atom stereocenters. The Morgan fingerprint density at radius 2 is 2.22 bits per heavy atom. The highest BCUT2D eigenvalue weighted by molar-refractivity contribution is 5.85. The maximum Gasteiger partial charge on any atom is 0.333 e. The molecule has 18 heavy (non-hydrogen) atoms. The summed E-state index contributed by atoms with van der Waals surface area (Å²) in [6.45, 7) is 1.98. The lowest BCUT2D eigenvalue weighted by Crippen LogP contribution is -2.27. The third-order valence-electron chi connectivity index (χ3n) is 2.44.